The first-order valence-electron chi connectivity index (χ1n) is 9.06. The van der Waals surface area contributed by atoms with Gasteiger partial charge >= 0.3 is 17.8 Å². The Morgan fingerprint density at radius 3 is 2.14 bits per heavy atom. The van der Waals surface area contributed by atoms with Crippen molar-refractivity contribution in [2.75, 3.05) is 23.5 Å². The first-order chi connectivity index (χ1) is 13.8. The smallest absolute Gasteiger partial charge is 0.339 e. The quantitative estimate of drug-likeness (QED) is 0.554. The van der Waals surface area contributed by atoms with E-state index in [0.29, 0.717) is 16.3 Å². The highest BCUT2D eigenvalue weighted by atomic mass is 16.5. The summed E-state index contributed by atoms with van der Waals surface area (Å²) >= 11 is 0. The Bertz CT molecular complexity index is 941. The SMILES string of the molecule is COc1ccc(N2C(=O)C(=O)N(CC(=O)N(c3ccccc3)C(C)C)C2=O)cc1. The van der Waals surface area contributed by atoms with E-state index >= 15 is 0 Å². The molecule has 1 aliphatic rings. The van der Waals surface area contributed by atoms with Gasteiger partial charge in [-0.25, -0.2) is 14.6 Å². The lowest BCUT2D eigenvalue weighted by atomic mass is 10.2. The van der Waals surface area contributed by atoms with E-state index in [2.05, 4.69) is 0 Å². The molecule has 1 aliphatic heterocycles. The van der Waals surface area contributed by atoms with Gasteiger partial charge in [0, 0.05) is 11.7 Å². The number of para-hydroxylation sites is 1. The molecule has 0 radical (unpaired) electrons. The normalized spacial score (nSPS) is 14.0. The number of carbonyl (C=O) groups excluding carboxylic acids is 4. The minimum absolute atomic E-state index is 0.203. The van der Waals surface area contributed by atoms with E-state index in [-0.39, 0.29) is 11.7 Å². The number of benzene rings is 2. The summed E-state index contributed by atoms with van der Waals surface area (Å²) in [5.41, 5.74) is 0.873. The summed E-state index contributed by atoms with van der Waals surface area (Å²) in [7, 11) is 1.49. The molecule has 2 aromatic carbocycles. The number of urea groups is 1. The molecule has 3 rings (SSSR count). The second-order valence-corrected chi connectivity index (χ2v) is 6.71. The monoisotopic (exact) mass is 395 g/mol. The maximum Gasteiger partial charge on any atom is 0.339 e. The minimum atomic E-state index is -1.03. The lowest BCUT2D eigenvalue weighted by Crippen LogP contribution is -2.46. The van der Waals surface area contributed by atoms with Gasteiger partial charge in [0.1, 0.15) is 12.3 Å². The van der Waals surface area contributed by atoms with Crippen LogP contribution >= 0.6 is 0 Å². The van der Waals surface area contributed by atoms with Crippen LogP contribution in [0, 0.1) is 0 Å². The zero-order valence-corrected chi connectivity index (χ0v) is 16.4. The van der Waals surface area contributed by atoms with E-state index in [0.717, 1.165) is 4.90 Å². The van der Waals surface area contributed by atoms with Crippen molar-refractivity contribution in [1.29, 1.82) is 0 Å². The van der Waals surface area contributed by atoms with Crippen molar-refractivity contribution in [1.82, 2.24) is 4.90 Å². The fourth-order valence-corrected chi connectivity index (χ4v) is 3.13. The molecule has 0 spiro atoms. The van der Waals surface area contributed by atoms with Crippen LogP contribution in [0.15, 0.2) is 54.6 Å². The zero-order chi connectivity index (χ0) is 21.1. The van der Waals surface area contributed by atoms with Gasteiger partial charge < -0.3 is 9.64 Å². The van der Waals surface area contributed by atoms with Crippen molar-refractivity contribution >= 4 is 35.1 Å². The third kappa shape index (κ3) is 3.82. The summed E-state index contributed by atoms with van der Waals surface area (Å²) in [5, 5.41) is 0. The van der Waals surface area contributed by atoms with Crippen molar-refractivity contribution in [2.24, 2.45) is 0 Å². The summed E-state index contributed by atoms with van der Waals surface area (Å²) in [6.45, 7) is 3.13. The van der Waals surface area contributed by atoms with Crippen molar-refractivity contribution in [2.45, 2.75) is 19.9 Å². The van der Waals surface area contributed by atoms with Gasteiger partial charge in [0.05, 0.1) is 12.8 Å². The number of ether oxygens (including phenoxy) is 1. The van der Waals surface area contributed by atoms with Gasteiger partial charge in [-0.15, -0.1) is 0 Å². The molecule has 1 heterocycles. The predicted octanol–water partition coefficient (Wildman–Crippen LogP) is 2.43. The number of anilines is 2. The first kappa shape index (κ1) is 20.1. The summed E-state index contributed by atoms with van der Waals surface area (Å²) < 4.78 is 5.06. The molecule has 0 aromatic heterocycles. The molecule has 0 bridgehead atoms. The van der Waals surface area contributed by atoms with E-state index in [4.69, 9.17) is 4.74 Å². The van der Waals surface area contributed by atoms with E-state index in [1.165, 1.54) is 24.1 Å². The lowest BCUT2D eigenvalue weighted by molar-refractivity contribution is -0.140. The molecule has 0 N–H and O–H groups in total. The van der Waals surface area contributed by atoms with Gasteiger partial charge in [-0.3, -0.25) is 14.4 Å². The summed E-state index contributed by atoms with van der Waals surface area (Å²) in [5.74, 6) is -1.95. The van der Waals surface area contributed by atoms with Crippen molar-refractivity contribution in [3.8, 4) is 5.75 Å². The van der Waals surface area contributed by atoms with Crippen LogP contribution in [0.2, 0.25) is 0 Å². The van der Waals surface area contributed by atoms with E-state index in [1.54, 1.807) is 36.4 Å². The fourth-order valence-electron chi connectivity index (χ4n) is 3.13. The van der Waals surface area contributed by atoms with Crippen LogP contribution < -0.4 is 14.5 Å². The molecule has 150 valence electrons. The Balaban J connectivity index is 1.83. The number of hydrogen-bond acceptors (Lipinski definition) is 5. The van der Waals surface area contributed by atoms with E-state index in [1.807, 2.05) is 19.9 Å². The molecule has 2 aromatic rings. The number of imide groups is 2. The van der Waals surface area contributed by atoms with Gasteiger partial charge in [0.2, 0.25) is 5.91 Å². The maximum absolute atomic E-state index is 12.9. The largest absolute Gasteiger partial charge is 0.497 e. The molecular weight excluding hydrogens is 374 g/mol. The number of rotatable bonds is 6. The number of nitrogens with zero attached hydrogens (tertiary/aromatic N) is 3. The Kier molecular flexibility index (Phi) is 5.63. The number of hydrogen-bond donors (Lipinski definition) is 0. The summed E-state index contributed by atoms with van der Waals surface area (Å²) in [6, 6.07) is 14.0. The Labute approximate surface area is 168 Å². The van der Waals surface area contributed by atoms with Crippen LogP contribution in [0.5, 0.6) is 5.75 Å². The van der Waals surface area contributed by atoms with Crippen LogP contribution in [0.3, 0.4) is 0 Å². The standard InChI is InChI=1S/C21H21N3O5/c1-14(2)23(15-7-5-4-6-8-15)18(25)13-22-19(26)20(27)24(21(22)28)16-9-11-17(29-3)12-10-16/h4-12,14H,13H2,1-3H3. The Morgan fingerprint density at radius 2 is 1.59 bits per heavy atom. The number of carbonyl (C=O) groups is 4. The Hall–Kier alpha value is -3.68. The zero-order valence-electron chi connectivity index (χ0n) is 16.4. The predicted molar refractivity (Wildman–Crippen MR) is 107 cm³/mol. The molecule has 1 fully saturated rings. The first-order valence-corrected chi connectivity index (χ1v) is 9.06. The summed E-state index contributed by atoms with van der Waals surface area (Å²) in [6.07, 6.45) is 0. The van der Waals surface area contributed by atoms with Crippen LogP contribution in [-0.2, 0) is 14.4 Å². The van der Waals surface area contributed by atoms with E-state index < -0.39 is 30.3 Å². The molecule has 0 saturated carbocycles. The summed E-state index contributed by atoms with van der Waals surface area (Å²) in [4.78, 5) is 53.4. The fraction of sp³-hybridized carbons (Fsp3) is 0.238. The third-order valence-corrected chi connectivity index (χ3v) is 4.50. The number of amides is 5. The van der Waals surface area contributed by atoms with Gasteiger partial charge in [-0.1, -0.05) is 18.2 Å². The molecule has 8 heteroatoms. The second kappa shape index (κ2) is 8.14. The molecule has 1 saturated heterocycles. The highest BCUT2D eigenvalue weighted by Crippen LogP contribution is 2.25. The highest BCUT2D eigenvalue weighted by molar-refractivity contribution is 6.53. The maximum atomic E-state index is 12.9. The van der Waals surface area contributed by atoms with Crippen LogP contribution in [0.1, 0.15) is 13.8 Å². The molecule has 29 heavy (non-hydrogen) atoms. The Morgan fingerprint density at radius 1 is 0.966 bits per heavy atom. The second-order valence-electron chi connectivity index (χ2n) is 6.71. The van der Waals surface area contributed by atoms with Crippen LogP contribution in [-0.4, -0.2) is 48.3 Å². The topological polar surface area (TPSA) is 87.2 Å². The molecule has 5 amide bonds. The molecule has 0 aliphatic carbocycles. The van der Waals surface area contributed by atoms with Crippen molar-refractivity contribution in [3.63, 3.8) is 0 Å². The highest BCUT2D eigenvalue weighted by Gasteiger charge is 2.46. The van der Waals surface area contributed by atoms with Crippen LogP contribution in [0.25, 0.3) is 0 Å². The molecular formula is C21H21N3O5. The average Bonchev–Trinajstić information content (AvgIpc) is 2.92. The van der Waals surface area contributed by atoms with Gasteiger partial charge in [0.25, 0.3) is 0 Å². The van der Waals surface area contributed by atoms with Gasteiger partial charge in [0.15, 0.2) is 0 Å². The lowest BCUT2D eigenvalue weighted by Gasteiger charge is -2.28. The third-order valence-electron chi connectivity index (χ3n) is 4.50. The van der Waals surface area contributed by atoms with Gasteiger partial charge in [-0.05, 0) is 50.2 Å². The van der Waals surface area contributed by atoms with Crippen molar-refractivity contribution < 1.29 is 23.9 Å². The molecule has 0 unspecified atom stereocenters. The average molecular weight is 395 g/mol. The van der Waals surface area contributed by atoms with Crippen molar-refractivity contribution in [3.05, 3.63) is 54.6 Å². The van der Waals surface area contributed by atoms with Crippen LogP contribution in [0.4, 0.5) is 16.2 Å². The minimum Gasteiger partial charge on any atom is -0.497 e. The van der Waals surface area contributed by atoms with Gasteiger partial charge in [-0.2, -0.15) is 0 Å². The van der Waals surface area contributed by atoms with E-state index in [9.17, 15) is 19.2 Å². The molecule has 8 nitrogen and oxygen atoms in total. The molecule has 0 atom stereocenters. The number of methoxy groups -OCH3 is 1.